The number of furan rings is 1. The van der Waals surface area contributed by atoms with Crippen molar-refractivity contribution in [3.05, 3.63) is 106 Å². The smallest absolute Gasteiger partial charge is 0.329 e. The summed E-state index contributed by atoms with van der Waals surface area (Å²) in [5.41, 5.74) is 0.0594. The average molecular weight is 680 g/mol. The zero-order valence-corrected chi connectivity index (χ0v) is 26.5. The van der Waals surface area contributed by atoms with Crippen molar-refractivity contribution in [1.82, 2.24) is 19.7 Å². The molecule has 0 spiro atoms. The van der Waals surface area contributed by atoms with Crippen LogP contribution in [0, 0.1) is 11.6 Å². The number of aromatic nitrogens is 3. The number of rotatable bonds is 10. The number of nitrogens with zero attached hydrogens (tertiary/aromatic N) is 3. The molecule has 1 amide bonds. The number of carbonyl (C=O) groups is 2. The van der Waals surface area contributed by atoms with E-state index in [0.717, 1.165) is 31.6 Å². The SMILES string of the molecule is Cn1c2cnccc2c(=O)n1-c1ccc(C[C@H](NC(=O)c2cc(F)c(NS(=O)(=O)c3ccco3)cc2F)C(=O)OC2CCCCC2)cc1. The van der Waals surface area contributed by atoms with Gasteiger partial charge in [-0.2, -0.15) is 8.42 Å². The maximum atomic E-state index is 15.2. The minimum Gasteiger partial charge on any atom is -0.461 e. The number of amides is 1. The summed E-state index contributed by atoms with van der Waals surface area (Å²) in [6.07, 6.45) is 7.99. The fourth-order valence-corrected chi connectivity index (χ4v) is 6.74. The third-order valence-electron chi connectivity index (χ3n) is 8.22. The van der Waals surface area contributed by atoms with Gasteiger partial charge in [0.1, 0.15) is 23.8 Å². The zero-order chi connectivity index (χ0) is 34.0. The van der Waals surface area contributed by atoms with Crippen LogP contribution in [-0.4, -0.2) is 46.8 Å². The number of anilines is 1. The van der Waals surface area contributed by atoms with Crippen molar-refractivity contribution in [2.24, 2.45) is 7.05 Å². The molecule has 2 N–H and O–H groups in total. The molecular formula is C33H31F2N5O7S. The molecule has 1 atom stereocenters. The largest absolute Gasteiger partial charge is 0.461 e. The summed E-state index contributed by atoms with van der Waals surface area (Å²) in [5.74, 6) is -4.30. The van der Waals surface area contributed by atoms with Crippen LogP contribution in [0.15, 0.2) is 87.6 Å². The summed E-state index contributed by atoms with van der Waals surface area (Å²) in [7, 11) is -2.63. The van der Waals surface area contributed by atoms with Crippen molar-refractivity contribution in [3.8, 4) is 5.69 Å². The molecule has 1 fully saturated rings. The van der Waals surface area contributed by atoms with Crippen LogP contribution in [0.5, 0.6) is 0 Å². The number of ether oxygens (including phenoxy) is 1. The van der Waals surface area contributed by atoms with Crippen LogP contribution in [0.4, 0.5) is 14.5 Å². The molecule has 3 heterocycles. The molecule has 250 valence electrons. The van der Waals surface area contributed by atoms with Crippen molar-refractivity contribution in [1.29, 1.82) is 0 Å². The number of halogens is 2. The minimum atomic E-state index is -4.36. The number of aryl methyl sites for hydroxylation is 1. The number of nitrogens with one attached hydrogen (secondary N) is 2. The van der Waals surface area contributed by atoms with Gasteiger partial charge in [-0.05, 0) is 67.6 Å². The Kier molecular flexibility index (Phi) is 9.13. The van der Waals surface area contributed by atoms with Crippen LogP contribution in [0.3, 0.4) is 0 Å². The highest BCUT2D eigenvalue weighted by Crippen LogP contribution is 2.25. The maximum absolute atomic E-state index is 15.2. The highest BCUT2D eigenvalue weighted by atomic mass is 32.2. The quantitative estimate of drug-likeness (QED) is 0.203. The van der Waals surface area contributed by atoms with Gasteiger partial charge in [0.05, 0.1) is 40.3 Å². The zero-order valence-electron chi connectivity index (χ0n) is 25.7. The predicted octanol–water partition coefficient (Wildman–Crippen LogP) is 4.61. The molecule has 1 aliphatic rings. The van der Waals surface area contributed by atoms with E-state index in [1.807, 2.05) is 4.72 Å². The van der Waals surface area contributed by atoms with E-state index in [0.29, 0.717) is 47.1 Å². The normalized spacial score (nSPS) is 14.5. The molecule has 48 heavy (non-hydrogen) atoms. The minimum absolute atomic E-state index is 0.0589. The Bertz CT molecular complexity index is 2140. The van der Waals surface area contributed by atoms with Crippen molar-refractivity contribution < 1.29 is 35.9 Å². The highest BCUT2D eigenvalue weighted by Gasteiger charge is 2.29. The fourth-order valence-electron chi connectivity index (χ4n) is 5.75. The van der Waals surface area contributed by atoms with Crippen LogP contribution in [0.25, 0.3) is 16.6 Å². The third-order valence-corrected chi connectivity index (χ3v) is 9.47. The lowest BCUT2D eigenvalue weighted by molar-refractivity contribution is -0.152. The third kappa shape index (κ3) is 6.72. The lowest BCUT2D eigenvalue weighted by atomic mass is 9.97. The Morgan fingerprint density at radius 3 is 2.50 bits per heavy atom. The first kappa shape index (κ1) is 32.6. The number of hydrogen-bond donors (Lipinski definition) is 2. The number of hydrogen-bond acceptors (Lipinski definition) is 8. The Balaban J connectivity index is 1.23. The van der Waals surface area contributed by atoms with Crippen LogP contribution in [0.1, 0.15) is 48.0 Å². The van der Waals surface area contributed by atoms with Crippen LogP contribution < -0.4 is 15.6 Å². The van der Waals surface area contributed by atoms with Gasteiger partial charge in [-0.15, -0.1) is 0 Å². The molecule has 6 rings (SSSR count). The second-order valence-electron chi connectivity index (χ2n) is 11.5. The molecular weight excluding hydrogens is 648 g/mol. The summed E-state index contributed by atoms with van der Waals surface area (Å²) < 4.78 is 70.6. The summed E-state index contributed by atoms with van der Waals surface area (Å²) in [5, 5.41) is 2.45. The molecule has 0 aliphatic heterocycles. The van der Waals surface area contributed by atoms with Crippen molar-refractivity contribution in [2.45, 2.75) is 55.8 Å². The molecule has 0 saturated heterocycles. The van der Waals surface area contributed by atoms with Crippen molar-refractivity contribution >= 4 is 38.5 Å². The van der Waals surface area contributed by atoms with E-state index in [9.17, 15) is 27.2 Å². The monoisotopic (exact) mass is 679 g/mol. The van der Waals surface area contributed by atoms with E-state index >= 15 is 4.39 Å². The Morgan fingerprint density at radius 1 is 1.06 bits per heavy atom. The summed E-state index contributed by atoms with van der Waals surface area (Å²) in [6, 6.07) is 10.6. The number of pyridine rings is 1. The molecule has 1 aliphatic carbocycles. The lowest BCUT2D eigenvalue weighted by Gasteiger charge is -2.25. The van der Waals surface area contributed by atoms with E-state index in [2.05, 4.69) is 10.3 Å². The van der Waals surface area contributed by atoms with Gasteiger partial charge >= 0.3 is 5.97 Å². The molecule has 2 aromatic carbocycles. The maximum Gasteiger partial charge on any atom is 0.329 e. The van der Waals surface area contributed by atoms with Crippen LogP contribution >= 0.6 is 0 Å². The molecule has 12 nitrogen and oxygen atoms in total. The van der Waals surface area contributed by atoms with Gasteiger partial charge in [0.25, 0.3) is 21.5 Å². The van der Waals surface area contributed by atoms with E-state index in [1.54, 1.807) is 48.3 Å². The van der Waals surface area contributed by atoms with Gasteiger partial charge in [0.2, 0.25) is 5.09 Å². The van der Waals surface area contributed by atoms with Gasteiger partial charge in [0, 0.05) is 25.7 Å². The van der Waals surface area contributed by atoms with Gasteiger partial charge < -0.3 is 14.5 Å². The van der Waals surface area contributed by atoms with Crippen molar-refractivity contribution in [3.63, 3.8) is 0 Å². The number of carbonyl (C=O) groups excluding carboxylic acids is 2. The summed E-state index contributed by atoms with van der Waals surface area (Å²) in [6.45, 7) is 0. The molecule has 0 unspecified atom stereocenters. The standard InChI is InChI=1S/C33H31F2N5O7S/c1-39-29-19-36-14-13-23(29)32(42)40(39)21-11-9-20(10-12-21)16-28(33(43)47-22-6-3-2-4-7-22)37-31(41)24-17-26(35)27(18-25(24)34)38-48(44,45)30-8-5-15-46-30/h5,8-15,17-19,22,28,38H,2-4,6-7,16H2,1H3,(H,37,41)/t28-/m0/s1. The Labute approximate surface area is 273 Å². The molecule has 5 aromatic rings. The topological polar surface area (TPSA) is 155 Å². The predicted molar refractivity (Wildman–Crippen MR) is 170 cm³/mol. The number of esters is 1. The highest BCUT2D eigenvalue weighted by molar-refractivity contribution is 7.92. The summed E-state index contributed by atoms with van der Waals surface area (Å²) >= 11 is 0. The van der Waals surface area contributed by atoms with Gasteiger partial charge in [-0.1, -0.05) is 18.6 Å². The first-order valence-electron chi connectivity index (χ1n) is 15.2. The number of benzene rings is 2. The van der Waals surface area contributed by atoms with E-state index in [4.69, 9.17) is 9.15 Å². The first-order valence-corrected chi connectivity index (χ1v) is 16.7. The second-order valence-corrected chi connectivity index (χ2v) is 13.1. The second kappa shape index (κ2) is 13.4. The molecule has 15 heteroatoms. The van der Waals surface area contributed by atoms with E-state index in [1.165, 1.54) is 16.9 Å². The Hall–Kier alpha value is -5.31. The summed E-state index contributed by atoms with van der Waals surface area (Å²) in [4.78, 5) is 43.8. The number of sulfonamides is 1. The van der Waals surface area contributed by atoms with Crippen LogP contribution in [-0.2, 0) is 33.0 Å². The fraction of sp³-hybridized carbons (Fsp3) is 0.273. The Morgan fingerprint density at radius 2 is 1.81 bits per heavy atom. The van der Waals surface area contributed by atoms with Crippen LogP contribution in [0.2, 0.25) is 0 Å². The molecule has 0 radical (unpaired) electrons. The van der Waals surface area contributed by atoms with Gasteiger partial charge in [-0.3, -0.25) is 24.0 Å². The molecule has 3 aromatic heterocycles. The number of fused-ring (bicyclic) bond motifs is 1. The lowest BCUT2D eigenvalue weighted by Crippen LogP contribution is -2.45. The molecule has 1 saturated carbocycles. The van der Waals surface area contributed by atoms with Gasteiger partial charge in [0.15, 0.2) is 0 Å². The van der Waals surface area contributed by atoms with E-state index in [-0.39, 0.29) is 18.1 Å². The molecule has 0 bridgehead atoms. The van der Waals surface area contributed by atoms with E-state index < -0.39 is 55.9 Å². The van der Waals surface area contributed by atoms with Crippen molar-refractivity contribution in [2.75, 3.05) is 4.72 Å². The van der Waals surface area contributed by atoms with Gasteiger partial charge in [-0.25, -0.2) is 18.3 Å². The first-order chi connectivity index (χ1) is 23.0. The average Bonchev–Trinajstić information content (AvgIpc) is 3.71.